The number of aromatic nitrogens is 2. The highest BCUT2D eigenvalue weighted by molar-refractivity contribution is 7.88. The molecular weight excluding hydrogens is 474 g/mol. The number of hydrogen-bond acceptors (Lipinski definition) is 7. The Morgan fingerprint density at radius 2 is 1.89 bits per heavy atom. The lowest BCUT2D eigenvalue weighted by atomic mass is 10.0. The summed E-state index contributed by atoms with van der Waals surface area (Å²) >= 11 is 0. The molecule has 0 spiro atoms. The van der Waals surface area contributed by atoms with Crippen LogP contribution in [0.3, 0.4) is 0 Å². The smallest absolute Gasteiger partial charge is 0.218 e. The molecule has 1 aliphatic heterocycles. The minimum Gasteiger partial charge on any atom is -0.299 e. The summed E-state index contributed by atoms with van der Waals surface area (Å²) in [7, 11) is -1.72. The van der Waals surface area contributed by atoms with Gasteiger partial charge in [-0.1, -0.05) is 31.2 Å². The van der Waals surface area contributed by atoms with Crippen LogP contribution < -0.4 is 5.43 Å². The Morgan fingerprint density at radius 3 is 2.61 bits per heavy atom. The van der Waals surface area contributed by atoms with Crippen LogP contribution >= 0.6 is 0 Å². The average molecular weight is 502 g/mol. The fourth-order valence-corrected chi connectivity index (χ4v) is 6.01. The van der Waals surface area contributed by atoms with Crippen molar-refractivity contribution in [3.8, 4) is 0 Å². The highest BCUT2D eigenvalue weighted by Crippen LogP contribution is 2.23. The van der Waals surface area contributed by atoms with Gasteiger partial charge in [0.05, 0.1) is 23.5 Å². The van der Waals surface area contributed by atoms with Gasteiger partial charge in [0.25, 0.3) is 0 Å². The number of rotatable bonds is 7. The van der Waals surface area contributed by atoms with Crippen LogP contribution in [0.5, 0.6) is 0 Å². The van der Waals surface area contributed by atoms with Gasteiger partial charge >= 0.3 is 0 Å². The standard InChI is InChI=1S/C27H27N5O3S/c1-3-32(17-23-6-4-5-11-28-23)36(34,35)18-19-7-8-20-9-10-26-25(27(33)24(20)12-19)13-21(14-29-26)22-15-30-31(2)16-22/h4-15,22H,3,16-18H2,1-2H3. The zero-order valence-corrected chi connectivity index (χ0v) is 21.0. The molecule has 5 rings (SSSR count). The molecular formula is C27H27N5O3S. The molecule has 0 saturated heterocycles. The molecule has 0 aliphatic carbocycles. The van der Waals surface area contributed by atoms with Crippen LogP contribution in [0.4, 0.5) is 0 Å². The zero-order chi connectivity index (χ0) is 25.3. The molecule has 184 valence electrons. The first-order valence-electron chi connectivity index (χ1n) is 11.8. The summed E-state index contributed by atoms with van der Waals surface area (Å²) in [4.78, 5) is 22.4. The summed E-state index contributed by atoms with van der Waals surface area (Å²) in [6, 6.07) is 16.3. The van der Waals surface area contributed by atoms with E-state index in [-0.39, 0.29) is 23.6 Å². The van der Waals surface area contributed by atoms with Gasteiger partial charge in [-0.3, -0.25) is 19.8 Å². The van der Waals surface area contributed by atoms with Crippen LogP contribution in [0, 0.1) is 0 Å². The summed E-state index contributed by atoms with van der Waals surface area (Å²) in [5.41, 5.74) is 2.61. The summed E-state index contributed by atoms with van der Waals surface area (Å²) in [5.74, 6) is -0.128. The van der Waals surface area contributed by atoms with Crippen molar-refractivity contribution < 1.29 is 8.42 Å². The maximum absolute atomic E-state index is 13.6. The van der Waals surface area contributed by atoms with Gasteiger partial charge in [0.2, 0.25) is 10.0 Å². The first-order valence-corrected chi connectivity index (χ1v) is 13.4. The molecule has 0 amide bonds. The van der Waals surface area contributed by atoms with Gasteiger partial charge in [-0.15, -0.1) is 0 Å². The van der Waals surface area contributed by atoms with Crippen LogP contribution in [0.25, 0.3) is 21.7 Å². The molecule has 2 aromatic carbocycles. The fourth-order valence-electron chi connectivity index (χ4n) is 4.50. The number of benzene rings is 1. The van der Waals surface area contributed by atoms with E-state index in [1.54, 1.807) is 49.6 Å². The lowest BCUT2D eigenvalue weighted by Gasteiger charge is -2.20. The molecule has 2 aromatic heterocycles. The molecule has 1 aliphatic rings. The van der Waals surface area contributed by atoms with Crippen LogP contribution in [0.15, 0.2) is 76.9 Å². The minimum atomic E-state index is -3.63. The molecule has 8 nitrogen and oxygen atoms in total. The van der Waals surface area contributed by atoms with E-state index >= 15 is 0 Å². The highest BCUT2D eigenvalue weighted by atomic mass is 32.2. The van der Waals surface area contributed by atoms with Crippen molar-refractivity contribution in [1.29, 1.82) is 0 Å². The van der Waals surface area contributed by atoms with E-state index in [4.69, 9.17) is 0 Å². The van der Waals surface area contributed by atoms with E-state index in [1.807, 2.05) is 42.5 Å². The number of pyridine rings is 2. The summed E-state index contributed by atoms with van der Waals surface area (Å²) in [6.07, 6.45) is 5.31. The quantitative estimate of drug-likeness (QED) is 0.385. The molecule has 0 radical (unpaired) electrons. The third-order valence-electron chi connectivity index (χ3n) is 6.46. The summed E-state index contributed by atoms with van der Waals surface area (Å²) in [5, 5.41) is 7.87. The number of hydrogen-bond donors (Lipinski definition) is 0. The van der Waals surface area contributed by atoms with Crippen molar-refractivity contribution in [3.05, 3.63) is 94.0 Å². The van der Waals surface area contributed by atoms with Gasteiger partial charge in [-0.05, 0) is 46.8 Å². The van der Waals surface area contributed by atoms with Gasteiger partial charge in [-0.2, -0.15) is 9.41 Å². The van der Waals surface area contributed by atoms with Crippen molar-refractivity contribution in [3.63, 3.8) is 0 Å². The van der Waals surface area contributed by atoms with Gasteiger partial charge < -0.3 is 0 Å². The van der Waals surface area contributed by atoms with Crippen LogP contribution in [-0.2, 0) is 22.3 Å². The predicted molar refractivity (Wildman–Crippen MR) is 142 cm³/mol. The first-order chi connectivity index (χ1) is 17.3. The minimum absolute atomic E-state index is 0.0721. The Bertz CT molecular complexity index is 1620. The van der Waals surface area contributed by atoms with Crippen molar-refractivity contribution in [1.82, 2.24) is 19.3 Å². The molecule has 0 fully saturated rings. The van der Waals surface area contributed by atoms with E-state index < -0.39 is 10.0 Å². The second kappa shape index (κ2) is 9.75. The number of fused-ring (bicyclic) bond motifs is 2. The fraction of sp³-hybridized carbons (Fsp3) is 0.259. The van der Waals surface area contributed by atoms with E-state index in [1.165, 1.54) is 4.31 Å². The maximum atomic E-state index is 13.6. The zero-order valence-electron chi connectivity index (χ0n) is 20.2. The van der Waals surface area contributed by atoms with Crippen LogP contribution in [0.1, 0.15) is 29.7 Å². The average Bonchev–Trinajstić information content (AvgIpc) is 3.26. The maximum Gasteiger partial charge on any atom is 0.218 e. The molecule has 0 saturated carbocycles. The Morgan fingerprint density at radius 1 is 1.06 bits per heavy atom. The van der Waals surface area contributed by atoms with Crippen LogP contribution in [0.2, 0.25) is 0 Å². The number of hydrazone groups is 1. The van der Waals surface area contributed by atoms with E-state index in [2.05, 4.69) is 15.1 Å². The lowest BCUT2D eigenvalue weighted by molar-refractivity contribution is 0.381. The molecule has 4 aromatic rings. The molecule has 0 N–H and O–H groups in total. The topological polar surface area (TPSA) is 95.8 Å². The van der Waals surface area contributed by atoms with E-state index in [0.29, 0.717) is 34.1 Å². The summed E-state index contributed by atoms with van der Waals surface area (Å²) in [6.45, 7) is 3.07. The lowest BCUT2D eigenvalue weighted by Crippen LogP contribution is -2.31. The van der Waals surface area contributed by atoms with E-state index in [0.717, 1.165) is 17.5 Å². The Kier molecular flexibility index (Phi) is 6.51. The molecule has 9 heteroatoms. The molecule has 1 unspecified atom stereocenters. The largest absolute Gasteiger partial charge is 0.299 e. The van der Waals surface area contributed by atoms with Crippen molar-refractivity contribution in [2.75, 3.05) is 20.1 Å². The molecule has 3 heterocycles. The Balaban J connectivity index is 1.51. The SMILES string of the molecule is CCN(Cc1ccccn1)S(=O)(=O)Cc1ccc2ccc3ncc(C4C=NN(C)C4)cc3c(=O)c2c1. The van der Waals surface area contributed by atoms with Gasteiger partial charge in [0.15, 0.2) is 5.43 Å². The van der Waals surface area contributed by atoms with Gasteiger partial charge in [-0.25, -0.2) is 8.42 Å². The Hall–Kier alpha value is -3.69. The number of likely N-dealkylation sites (N-methyl/N-ethyl adjacent to an activating group) is 1. The van der Waals surface area contributed by atoms with Gasteiger partial charge in [0, 0.05) is 55.4 Å². The van der Waals surface area contributed by atoms with E-state index in [9.17, 15) is 13.2 Å². The Labute approximate surface area is 210 Å². The van der Waals surface area contributed by atoms with Crippen molar-refractivity contribution >= 4 is 37.9 Å². The third-order valence-corrected chi connectivity index (χ3v) is 8.33. The monoisotopic (exact) mass is 501 g/mol. The van der Waals surface area contributed by atoms with Gasteiger partial charge in [0.1, 0.15) is 0 Å². The summed E-state index contributed by atoms with van der Waals surface area (Å²) < 4.78 is 27.9. The molecule has 0 bridgehead atoms. The van der Waals surface area contributed by atoms with Crippen molar-refractivity contribution in [2.45, 2.75) is 25.1 Å². The second-order valence-corrected chi connectivity index (χ2v) is 11.0. The number of sulfonamides is 1. The normalized spacial score (nSPS) is 15.9. The third kappa shape index (κ3) is 4.84. The first kappa shape index (κ1) is 24.0. The number of nitrogens with zero attached hydrogens (tertiary/aromatic N) is 5. The van der Waals surface area contributed by atoms with Crippen molar-refractivity contribution in [2.24, 2.45) is 5.10 Å². The second-order valence-electron chi connectivity index (χ2n) is 9.00. The molecule has 36 heavy (non-hydrogen) atoms. The van der Waals surface area contributed by atoms with Crippen LogP contribution in [-0.4, -0.2) is 54.1 Å². The predicted octanol–water partition coefficient (Wildman–Crippen LogP) is 3.51. The molecule has 1 atom stereocenters. The highest BCUT2D eigenvalue weighted by Gasteiger charge is 2.22.